The summed E-state index contributed by atoms with van der Waals surface area (Å²) in [5, 5.41) is 4.27. The monoisotopic (exact) mass is 280 g/mol. The number of carbonyl (C=O) groups excluding carboxylic acids is 1. The van der Waals surface area contributed by atoms with Gasteiger partial charge in [0.2, 0.25) is 0 Å². The third-order valence-electron chi connectivity index (χ3n) is 4.08. The first-order valence-electron chi connectivity index (χ1n) is 7.13. The molecule has 1 amide bonds. The van der Waals surface area contributed by atoms with Crippen molar-refractivity contribution >= 4 is 5.91 Å². The van der Waals surface area contributed by atoms with Gasteiger partial charge in [-0.1, -0.05) is 0 Å². The van der Waals surface area contributed by atoms with Crippen molar-refractivity contribution < 1.29 is 9.53 Å². The highest BCUT2D eigenvalue weighted by molar-refractivity contribution is 5.77. The maximum atomic E-state index is 12.1. The van der Waals surface area contributed by atoms with E-state index in [2.05, 4.69) is 5.10 Å². The van der Waals surface area contributed by atoms with Crippen LogP contribution in [0.5, 0.6) is 5.75 Å². The van der Waals surface area contributed by atoms with Gasteiger partial charge in [0, 0.05) is 20.1 Å². The van der Waals surface area contributed by atoms with Crippen LogP contribution in [0, 0.1) is 19.8 Å². The van der Waals surface area contributed by atoms with Crippen LogP contribution in [0.15, 0.2) is 0 Å². The van der Waals surface area contributed by atoms with E-state index in [1.807, 2.05) is 25.8 Å². The summed E-state index contributed by atoms with van der Waals surface area (Å²) in [6.07, 6.45) is 1.99. The average molecular weight is 280 g/mol. The molecule has 112 valence electrons. The van der Waals surface area contributed by atoms with Gasteiger partial charge in [-0.3, -0.25) is 9.48 Å². The Bertz CT molecular complexity index is 476. The average Bonchev–Trinajstić information content (AvgIpc) is 2.70. The summed E-state index contributed by atoms with van der Waals surface area (Å²) in [7, 11) is 1.87. The number of aromatic nitrogens is 2. The van der Waals surface area contributed by atoms with Crippen LogP contribution in [0.25, 0.3) is 0 Å². The molecule has 0 aromatic carbocycles. The van der Waals surface area contributed by atoms with Crippen LogP contribution in [0.1, 0.15) is 24.2 Å². The molecule has 1 aromatic rings. The second-order valence-electron chi connectivity index (χ2n) is 5.47. The quantitative estimate of drug-likeness (QED) is 0.877. The fourth-order valence-electron chi connectivity index (χ4n) is 2.61. The Hall–Kier alpha value is -1.56. The van der Waals surface area contributed by atoms with Crippen molar-refractivity contribution in [2.24, 2.45) is 18.7 Å². The van der Waals surface area contributed by atoms with Crippen molar-refractivity contribution in [1.29, 1.82) is 0 Å². The van der Waals surface area contributed by atoms with Crippen LogP contribution < -0.4 is 10.5 Å². The van der Waals surface area contributed by atoms with Crippen LogP contribution in [0.3, 0.4) is 0 Å². The van der Waals surface area contributed by atoms with E-state index in [1.165, 1.54) is 0 Å². The van der Waals surface area contributed by atoms with Crippen LogP contribution in [-0.4, -0.2) is 46.8 Å². The summed E-state index contributed by atoms with van der Waals surface area (Å²) in [6, 6.07) is 0. The van der Waals surface area contributed by atoms with Gasteiger partial charge >= 0.3 is 0 Å². The number of aryl methyl sites for hydroxylation is 2. The Kier molecular flexibility index (Phi) is 4.65. The fourth-order valence-corrected chi connectivity index (χ4v) is 2.61. The number of nitrogens with two attached hydrogens (primary N) is 1. The maximum Gasteiger partial charge on any atom is 0.260 e. The molecule has 6 nitrogen and oxygen atoms in total. The molecule has 2 heterocycles. The molecule has 0 saturated carbocycles. The Morgan fingerprint density at radius 3 is 2.55 bits per heavy atom. The lowest BCUT2D eigenvalue weighted by atomic mass is 9.97. The molecular weight excluding hydrogens is 256 g/mol. The molecule has 1 saturated heterocycles. The molecule has 0 atom stereocenters. The number of carbonyl (C=O) groups is 1. The fraction of sp³-hybridized carbons (Fsp3) is 0.714. The van der Waals surface area contributed by atoms with Gasteiger partial charge in [0.25, 0.3) is 5.91 Å². The Morgan fingerprint density at radius 2 is 2.05 bits per heavy atom. The summed E-state index contributed by atoms with van der Waals surface area (Å²) >= 11 is 0. The number of ether oxygens (including phenoxy) is 1. The molecule has 0 bridgehead atoms. The number of amides is 1. The molecule has 1 fully saturated rings. The van der Waals surface area contributed by atoms with E-state index < -0.39 is 0 Å². The molecule has 20 heavy (non-hydrogen) atoms. The normalized spacial score (nSPS) is 16.5. The first-order valence-corrected chi connectivity index (χ1v) is 7.13. The molecular formula is C14H24N4O2. The van der Waals surface area contributed by atoms with E-state index in [-0.39, 0.29) is 12.5 Å². The summed E-state index contributed by atoms with van der Waals surface area (Å²) < 4.78 is 7.42. The predicted molar refractivity (Wildman–Crippen MR) is 76.5 cm³/mol. The number of hydrogen-bond acceptors (Lipinski definition) is 4. The van der Waals surface area contributed by atoms with E-state index in [4.69, 9.17) is 10.5 Å². The van der Waals surface area contributed by atoms with Crippen LogP contribution in [0.4, 0.5) is 0 Å². The molecule has 2 N–H and O–H groups in total. The van der Waals surface area contributed by atoms with Crippen molar-refractivity contribution in [2.45, 2.75) is 26.7 Å². The van der Waals surface area contributed by atoms with E-state index in [9.17, 15) is 4.79 Å². The molecule has 1 aliphatic heterocycles. The van der Waals surface area contributed by atoms with Crippen molar-refractivity contribution in [3.63, 3.8) is 0 Å². The number of rotatable bonds is 4. The molecule has 0 spiro atoms. The lowest BCUT2D eigenvalue weighted by Gasteiger charge is -2.31. The minimum atomic E-state index is 0.0446. The maximum absolute atomic E-state index is 12.1. The number of piperidine rings is 1. The zero-order valence-corrected chi connectivity index (χ0v) is 12.6. The standard InChI is InChI=1S/C14H24N4O2/c1-10-14(11(2)17(3)16-10)20-9-13(19)18-6-4-12(8-15)5-7-18/h12H,4-9,15H2,1-3H3. The van der Waals surface area contributed by atoms with Gasteiger partial charge < -0.3 is 15.4 Å². The molecule has 2 rings (SSSR count). The third kappa shape index (κ3) is 3.12. The molecule has 0 radical (unpaired) electrons. The topological polar surface area (TPSA) is 73.4 Å². The lowest BCUT2D eigenvalue weighted by molar-refractivity contribution is -0.134. The zero-order chi connectivity index (χ0) is 14.7. The summed E-state index contributed by atoms with van der Waals surface area (Å²) in [5.74, 6) is 1.32. The smallest absolute Gasteiger partial charge is 0.260 e. The Morgan fingerprint density at radius 1 is 1.40 bits per heavy atom. The number of nitrogens with zero attached hydrogens (tertiary/aromatic N) is 3. The highest BCUT2D eigenvalue weighted by Gasteiger charge is 2.22. The molecule has 1 aromatic heterocycles. The van der Waals surface area contributed by atoms with Crippen molar-refractivity contribution in [3.8, 4) is 5.75 Å². The zero-order valence-electron chi connectivity index (χ0n) is 12.6. The van der Waals surface area contributed by atoms with Gasteiger partial charge in [0.1, 0.15) is 5.69 Å². The Labute approximate surface area is 119 Å². The molecule has 0 unspecified atom stereocenters. The summed E-state index contributed by atoms with van der Waals surface area (Å²) in [5.41, 5.74) is 7.42. The van der Waals surface area contributed by atoms with Crippen LogP contribution >= 0.6 is 0 Å². The molecule has 6 heteroatoms. The van der Waals surface area contributed by atoms with Gasteiger partial charge in [0.05, 0.1) is 5.69 Å². The molecule has 1 aliphatic rings. The van der Waals surface area contributed by atoms with Crippen molar-refractivity contribution in [2.75, 3.05) is 26.2 Å². The first-order chi connectivity index (χ1) is 9.52. The SMILES string of the molecule is Cc1nn(C)c(C)c1OCC(=O)N1CCC(CN)CC1. The van der Waals surface area contributed by atoms with Gasteiger partial charge in [-0.25, -0.2) is 0 Å². The van der Waals surface area contributed by atoms with E-state index in [1.54, 1.807) is 4.68 Å². The lowest BCUT2D eigenvalue weighted by Crippen LogP contribution is -2.42. The van der Waals surface area contributed by atoms with Crippen molar-refractivity contribution in [3.05, 3.63) is 11.4 Å². The predicted octanol–water partition coefficient (Wildman–Crippen LogP) is 0.613. The first kappa shape index (κ1) is 14.8. The summed E-state index contributed by atoms with van der Waals surface area (Å²) in [4.78, 5) is 14.0. The van der Waals surface area contributed by atoms with Crippen LogP contribution in [-0.2, 0) is 11.8 Å². The van der Waals surface area contributed by atoms with E-state index in [0.29, 0.717) is 12.5 Å². The van der Waals surface area contributed by atoms with E-state index >= 15 is 0 Å². The second-order valence-corrected chi connectivity index (χ2v) is 5.47. The van der Waals surface area contributed by atoms with Gasteiger partial charge in [0.15, 0.2) is 12.4 Å². The minimum Gasteiger partial charge on any atom is -0.480 e. The third-order valence-corrected chi connectivity index (χ3v) is 4.08. The molecule has 0 aliphatic carbocycles. The summed E-state index contributed by atoms with van der Waals surface area (Å²) in [6.45, 7) is 6.20. The van der Waals surface area contributed by atoms with Gasteiger partial charge in [-0.15, -0.1) is 0 Å². The van der Waals surface area contributed by atoms with Crippen molar-refractivity contribution in [1.82, 2.24) is 14.7 Å². The highest BCUT2D eigenvalue weighted by Crippen LogP contribution is 2.22. The van der Waals surface area contributed by atoms with Crippen LogP contribution in [0.2, 0.25) is 0 Å². The largest absolute Gasteiger partial charge is 0.480 e. The number of likely N-dealkylation sites (tertiary alicyclic amines) is 1. The van der Waals surface area contributed by atoms with E-state index in [0.717, 1.165) is 43.1 Å². The Balaban J connectivity index is 1.86. The highest BCUT2D eigenvalue weighted by atomic mass is 16.5. The minimum absolute atomic E-state index is 0.0446. The number of hydrogen-bond donors (Lipinski definition) is 1. The van der Waals surface area contributed by atoms with Gasteiger partial charge in [-0.05, 0) is 39.2 Å². The van der Waals surface area contributed by atoms with Gasteiger partial charge in [-0.2, -0.15) is 5.10 Å². The second kappa shape index (κ2) is 6.26.